The van der Waals surface area contributed by atoms with Crippen LogP contribution in [0.5, 0.6) is 0 Å². The first kappa shape index (κ1) is 10.8. The lowest BCUT2D eigenvalue weighted by molar-refractivity contribution is 0.0984. The van der Waals surface area contributed by atoms with Gasteiger partial charge in [0.05, 0.1) is 0 Å². The summed E-state index contributed by atoms with van der Waals surface area (Å²) in [4.78, 5) is 14.1. The molecule has 0 bridgehead atoms. The Morgan fingerprint density at radius 1 is 1.50 bits per heavy atom. The fourth-order valence-corrected chi connectivity index (χ4v) is 1.52. The van der Waals surface area contributed by atoms with Gasteiger partial charge in [-0.3, -0.25) is 4.79 Å². The highest BCUT2D eigenvalue weighted by Gasteiger charge is 2.07. The summed E-state index contributed by atoms with van der Waals surface area (Å²) in [5.41, 5.74) is 8.67. The van der Waals surface area contributed by atoms with Gasteiger partial charge in [-0.25, -0.2) is 0 Å². The minimum absolute atomic E-state index is 0.0233. The maximum Gasteiger partial charge on any atom is 0.164 e. The van der Waals surface area contributed by atoms with Gasteiger partial charge in [0.2, 0.25) is 0 Å². The quantitative estimate of drug-likeness (QED) is 0.351. The number of carbonyl (C=O) groups is 1. The van der Waals surface area contributed by atoms with Crippen LogP contribution in [0.3, 0.4) is 0 Å². The van der Waals surface area contributed by atoms with Gasteiger partial charge in [0.25, 0.3) is 0 Å². The van der Waals surface area contributed by atoms with E-state index in [-0.39, 0.29) is 18.7 Å². The van der Waals surface area contributed by atoms with E-state index >= 15 is 0 Å². The van der Waals surface area contributed by atoms with Crippen LogP contribution >= 0.6 is 15.9 Å². The van der Waals surface area contributed by atoms with Crippen molar-refractivity contribution in [3.05, 3.63) is 44.7 Å². The van der Waals surface area contributed by atoms with E-state index in [2.05, 4.69) is 26.0 Å². The van der Waals surface area contributed by atoms with Crippen molar-refractivity contribution in [2.75, 3.05) is 6.54 Å². The largest absolute Gasteiger partial charge is 0.294 e. The molecule has 0 unspecified atom stereocenters. The molecule has 0 fully saturated rings. The van der Waals surface area contributed by atoms with E-state index in [0.29, 0.717) is 5.56 Å². The molecule has 0 radical (unpaired) electrons. The normalized spacial score (nSPS) is 9.21. The number of carbonyl (C=O) groups excluding carboxylic acids is 1. The topological polar surface area (TPSA) is 65.8 Å². The van der Waals surface area contributed by atoms with Gasteiger partial charge >= 0.3 is 0 Å². The molecule has 0 heterocycles. The molecule has 5 heteroatoms. The van der Waals surface area contributed by atoms with Crippen molar-refractivity contribution in [2.24, 2.45) is 5.11 Å². The average Bonchev–Trinajstić information content (AvgIpc) is 2.18. The van der Waals surface area contributed by atoms with Crippen LogP contribution in [0.1, 0.15) is 16.8 Å². The zero-order valence-corrected chi connectivity index (χ0v) is 8.94. The molecule has 1 rings (SSSR count). The molecule has 14 heavy (non-hydrogen) atoms. The molecule has 4 nitrogen and oxygen atoms in total. The molecule has 1 aromatic carbocycles. The first-order valence-corrected chi connectivity index (χ1v) is 4.83. The molecule has 0 aliphatic carbocycles. The summed E-state index contributed by atoms with van der Waals surface area (Å²) >= 11 is 3.28. The van der Waals surface area contributed by atoms with Gasteiger partial charge < -0.3 is 0 Å². The summed E-state index contributed by atoms with van der Waals surface area (Å²) in [6.45, 7) is 0.205. The van der Waals surface area contributed by atoms with Gasteiger partial charge in [0, 0.05) is 27.9 Å². The summed E-state index contributed by atoms with van der Waals surface area (Å²) in [6.07, 6.45) is 0.243. The number of Topliss-reactive ketones (excluding diaryl/α,β-unsaturated/α-hetero) is 1. The minimum Gasteiger partial charge on any atom is -0.294 e. The van der Waals surface area contributed by atoms with E-state index in [4.69, 9.17) is 5.53 Å². The van der Waals surface area contributed by atoms with Crippen molar-refractivity contribution in [2.45, 2.75) is 6.42 Å². The summed E-state index contributed by atoms with van der Waals surface area (Å²) in [7, 11) is 0. The molecule has 0 atom stereocenters. The Morgan fingerprint density at radius 3 is 2.86 bits per heavy atom. The first-order valence-electron chi connectivity index (χ1n) is 4.04. The van der Waals surface area contributed by atoms with Crippen molar-refractivity contribution in [3.8, 4) is 0 Å². The zero-order valence-electron chi connectivity index (χ0n) is 7.35. The van der Waals surface area contributed by atoms with Crippen LogP contribution in [0, 0.1) is 0 Å². The van der Waals surface area contributed by atoms with Gasteiger partial charge in [0.15, 0.2) is 5.78 Å². The Balaban J connectivity index is 2.70. The summed E-state index contributed by atoms with van der Waals surface area (Å²) in [5, 5.41) is 3.31. The molecule has 0 aromatic heterocycles. The summed E-state index contributed by atoms with van der Waals surface area (Å²) in [5.74, 6) is -0.0233. The number of ketones is 1. The number of hydrogen-bond donors (Lipinski definition) is 0. The molecular weight excluding hydrogens is 246 g/mol. The number of benzene rings is 1. The Kier molecular flexibility index (Phi) is 4.16. The maximum atomic E-state index is 11.5. The molecule has 0 N–H and O–H groups in total. The average molecular weight is 254 g/mol. The van der Waals surface area contributed by atoms with Gasteiger partial charge in [-0.15, -0.1) is 0 Å². The second-order valence-corrected chi connectivity index (χ2v) is 3.46. The van der Waals surface area contributed by atoms with Gasteiger partial charge in [-0.2, -0.15) is 0 Å². The number of rotatable bonds is 4. The van der Waals surface area contributed by atoms with Crippen LogP contribution in [0.25, 0.3) is 10.4 Å². The van der Waals surface area contributed by atoms with Crippen LogP contribution in [-0.4, -0.2) is 12.3 Å². The van der Waals surface area contributed by atoms with E-state index in [1.807, 2.05) is 6.07 Å². The third kappa shape index (κ3) is 2.87. The highest BCUT2D eigenvalue weighted by molar-refractivity contribution is 9.10. The van der Waals surface area contributed by atoms with Crippen LogP contribution in [0.2, 0.25) is 0 Å². The second kappa shape index (κ2) is 5.42. The van der Waals surface area contributed by atoms with Crippen molar-refractivity contribution in [1.29, 1.82) is 0 Å². The molecule has 1 aromatic rings. The molecule has 72 valence electrons. The lowest BCUT2D eigenvalue weighted by Gasteiger charge is -2.00. The number of nitrogens with zero attached hydrogens (tertiary/aromatic N) is 3. The van der Waals surface area contributed by atoms with E-state index in [1.165, 1.54) is 0 Å². The van der Waals surface area contributed by atoms with Gasteiger partial charge in [-0.1, -0.05) is 39.2 Å². The smallest absolute Gasteiger partial charge is 0.164 e. The third-order valence-electron chi connectivity index (χ3n) is 1.68. The Morgan fingerprint density at radius 2 is 2.21 bits per heavy atom. The van der Waals surface area contributed by atoms with E-state index in [0.717, 1.165) is 4.47 Å². The fraction of sp³-hybridized carbons (Fsp3) is 0.222. The van der Waals surface area contributed by atoms with Crippen molar-refractivity contribution >= 4 is 21.7 Å². The van der Waals surface area contributed by atoms with Gasteiger partial charge in [0.1, 0.15) is 0 Å². The van der Waals surface area contributed by atoms with Crippen LogP contribution in [-0.2, 0) is 0 Å². The first-order chi connectivity index (χ1) is 6.75. The number of hydrogen-bond acceptors (Lipinski definition) is 2. The maximum absolute atomic E-state index is 11.5. The van der Waals surface area contributed by atoms with Crippen molar-refractivity contribution in [1.82, 2.24) is 0 Å². The molecular formula is C9H8BrN3O. The minimum atomic E-state index is -0.0233. The Labute approximate surface area is 89.7 Å². The third-order valence-corrected chi connectivity index (χ3v) is 2.37. The summed E-state index contributed by atoms with van der Waals surface area (Å²) in [6, 6.07) is 7.18. The molecule has 0 aliphatic heterocycles. The lowest BCUT2D eigenvalue weighted by atomic mass is 10.1. The molecule has 0 saturated carbocycles. The predicted octanol–water partition coefficient (Wildman–Crippen LogP) is 3.33. The predicted molar refractivity (Wildman–Crippen MR) is 57.1 cm³/mol. The zero-order chi connectivity index (χ0) is 10.4. The molecule has 0 spiro atoms. The Bertz CT molecular complexity index is 385. The van der Waals surface area contributed by atoms with E-state index < -0.39 is 0 Å². The Hall–Kier alpha value is -1.32. The standard InChI is InChI=1S/C9H8BrN3O/c10-8-4-2-1-3-7(8)9(14)5-6-12-13-11/h1-4H,5-6H2. The number of azide groups is 1. The highest BCUT2D eigenvalue weighted by Crippen LogP contribution is 2.17. The van der Waals surface area contributed by atoms with E-state index in [9.17, 15) is 4.79 Å². The van der Waals surface area contributed by atoms with E-state index in [1.54, 1.807) is 18.2 Å². The highest BCUT2D eigenvalue weighted by atomic mass is 79.9. The fourth-order valence-electron chi connectivity index (χ4n) is 1.02. The number of halogens is 1. The molecule has 0 aliphatic rings. The van der Waals surface area contributed by atoms with Crippen molar-refractivity contribution in [3.63, 3.8) is 0 Å². The van der Waals surface area contributed by atoms with Crippen LogP contribution in [0.15, 0.2) is 33.9 Å². The van der Waals surface area contributed by atoms with Crippen LogP contribution < -0.4 is 0 Å². The van der Waals surface area contributed by atoms with Crippen molar-refractivity contribution < 1.29 is 4.79 Å². The SMILES string of the molecule is [N-]=[N+]=NCCC(=O)c1ccccc1Br. The molecule has 0 saturated heterocycles. The molecule has 0 amide bonds. The lowest BCUT2D eigenvalue weighted by Crippen LogP contribution is -2.01. The van der Waals surface area contributed by atoms with Crippen LogP contribution in [0.4, 0.5) is 0 Å². The monoisotopic (exact) mass is 253 g/mol. The summed E-state index contributed by atoms with van der Waals surface area (Å²) < 4.78 is 0.769. The second-order valence-electron chi connectivity index (χ2n) is 2.61. The van der Waals surface area contributed by atoms with Gasteiger partial charge in [-0.05, 0) is 11.6 Å².